The number of esters is 1. The Balaban J connectivity index is 1.55. The third kappa shape index (κ3) is 21.5. The molecule has 2 heterocycles. The first kappa shape index (κ1) is 52.6. The Hall–Kier alpha value is -3.77. The van der Waals surface area contributed by atoms with E-state index in [4.69, 9.17) is 9.47 Å². The summed E-state index contributed by atoms with van der Waals surface area (Å²) >= 11 is 0. The lowest BCUT2D eigenvalue weighted by Crippen LogP contribution is -2.32. The molecular weight excluding hydrogens is 779 g/mol. The van der Waals surface area contributed by atoms with Crippen molar-refractivity contribution in [2.75, 3.05) is 58.3 Å². The second-order valence-corrected chi connectivity index (χ2v) is 17.3. The summed E-state index contributed by atoms with van der Waals surface area (Å²) in [5, 5.41) is 2.97. The van der Waals surface area contributed by atoms with E-state index in [1.807, 2.05) is 24.3 Å². The number of carbonyl (C=O) groups is 2. The van der Waals surface area contributed by atoms with Gasteiger partial charge in [0.15, 0.2) is 11.5 Å². The largest absolute Gasteiger partial charge is 0.469 e. The van der Waals surface area contributed by atoms with Gasteiger partial charge >= 0.3 is 17.7 Å². The van der Waals surface area contributed by atoms with Crippen molar-refractivity contribution >= 4 is 28.9 Å². The van der Waals surface area contributed by atoms with Gasteiger partial charge in [0.2, 0.25) is 5.91 Å². The molecule has 12 nitrogen and oxygen atoms in total. The second kappa shape index (κ2) is 32.8. The highest BCUT2D eigenvalue weighted by atomic mass is 16.5. The average molecular weight is 864 g/mol. The lowest BCUT2D eigenvalue weighted by Gasteiger charge is -2.25. The first-order valence-corrected chi connectivity index (χ1v) is 24.8. The smallest absolute Gasteiger partial charge is 0.328 e. The number of methoxy groups -OCH3 is 1. The molecule has 3 rings (SSSR count). The van der Waals surface area contributed by atoms with Gasteiger partial charge < -0.3 is 29.6 Å². The first-order valence-electron chi connectivity index (χ1n) is 24.8. The minimum atomic E-state index is -0.378. The highest BCUT2D eigenvalue weighted by molar-refractivity contribution is 5.97. The minimum Gasteiger partial charge on any atom is -0.469 e. The van der Waals surface area contributed by atoms with E-state index in [1.165, 1.54) is 134 Å². The molecule has 0 aliphatic rings. The SMILES string of the molecule is CCCCCCCCCCN(CC)CCCN(CCCCCCCCCC)CCCCCC(=O)Nc1nc(OCCCC)nc2c1[nH]c(=O)n2Cc1cccc(CC(=O)OC)c1. The molecule has 1 amide bonds. The van der Waals surface area contributed by atoms with E-state index in [0.717, 1.165) is 69.4 Å². The minimum absolute atomic E-state index is 0.111. The van der Waals surface area contributed by atoms with Crippen LogP contribution in [0.25, 0.3) is 11.2 Å². The average Bonchev–Trinajstić information content (AvgIpc) is 3.58. The van der Waals surface area contributed by atoms with Crippen molar-refractivity contribution in [3.05, 3.63) is 45.9 Å². The Kier molecular flexibility index (Phi) is 27.8. The van der Waals surface area contributed by atoms with Crippen molar-refractivity contribution in [1.29, 1.82) is 0 Å². The van der Waals surface area contributed by atoms with Crippen LogP contribution in [0.5, 0.6) is 6.01 Å². The Labute approximate surface area is 374 Å². The van der Waals surface area contributed by atoms with Crippen LogP contribution in [0.15, 0.2) is 29.1 Å². The number of hydrogen-bond donors (Lipinski definition) is 2. The summed E-state index contributed by atoms with van der Waals surface area (Å²) in [6, 6.07) is 7.58. The molecule has 0 saturated heterocycles. The number of rotatable bonds is 38. The van der Waals surface area contributed by atoms with Crippen LogP contribution in [0.3, 0.4) is 0 Å². The number of benzene rings is 1. The molecule has 0 spiro atoms. The van der Waals surface area contributed by atoms with Gasteiger partial charge in [-0.25, -0.2) is 4.79 Å². The monoisotopic (exact) mass is 864 g/mol. The molecule has 62 heavy (non-hydrogen) atoms. The van der Waals surface area contributed by atoms with Crippen molar-refractivity contribution in [2.45, 2.75) is 188 Å². The van der Waals surface area contributed by atoms with E-state index in [0.29, 0.717) is 24.2 Å². The summed E-state index contributed by atoms with van der Waals surface area (Å²) < 4.78 is 12.2. The maximum atomic E-state index is 13.4. The third-order valence-corrected chi connectivity index (χ3v) is 11.9. The van der Waals surface area contributed by atoms with Gasteiger partial charge in [-0.1, -0.05) is 155 Å². The number of fused-ring (bicyclic) bond motifs is 1. The fourth-order valence-corrected chi connectivity index (χ4v) is 8.09. The van der Waals surface area contributed by atoms with E-state index < -0.39 is 0 Å². The molecule has 1 aromatic carbocycles. The van der Waals surface area contributed by atoms with Crippen LogP contribution in [0.2, 0.25) is 0 Å². The molecule has 350 valence electrons. The molecule has 12 heteroatoms. The molecule has 0 bridgehead atoms. The van der Waals surface area contributed by atoms with Gasteiger partial charge in [0, 0.05) is 6.42 Å². The highest BCUT2D eigenvalue weighted by Gasteiger charge is 2.19. The summed E-state index contributed by atoms with van der Waals surface area (Å²) in [7, 11) is 1.36. The Morgan fingerprint density at radius 2 is 1.23 bits per heavy atom. The van der Waals surface area contributed by atoms with Crippen LogP contribution in [0, 0.1) is 0 Å². The number of H-pyrrole nitrogens is 1. The zero-order valence-electron chi connectivity index (χ0n) is 39.7. The van der Waals surface area contributed by atoms with Crippen molar-refractivity contribution < 1.29 is 19.1 Å². The number of imidazole rings is 1. The van der Waals surface area contributed by atoms with E-state index in [9.17, 15) is 14.4 Å². The Bertz CT molecular complexity index is 1710. The molecule has 0 radical (unpaired) electrons. The zero-order valence-corrected chi connectivity index (χ0v) is 39.7. The fraction of sp³-hybridized carbons (Fsp3) is 0.740. The van der Waals surface area contributed by atoms with Gasteiger partial charge in [-0.3, -0.25) is 14.2 Å². The molecule has 3 aromatic rings. The number of aromatic amines is 1. The van der Waals surface area contributed by atoms with Crippen LogP contribution < -0.4 is 15.7 Å². The molecule has 0 fully saturated rings. The van der Waals surface area contributed by atoms with E-state index in [2.05, 4.69) is 57.8 Å². The molecule has 0 atom stereocenters. The maximum absolute atomic E-state index is 13.4. The molecular formula is C50H85N7O5. The first-order chi connectivity index (χ1) is 30.3. The number of anilines is 1. The number of ether oxygens (including phenoxy) is 2. The summed E-state index contributed by atoms with van der Waals surface area (Å²) in [6.07, 6.45) is 27.8. The number of amides is 1. The van der Waals surface area contributed by atoms with Gasteiger partial charge in [-0.15, -0.1) is 0 Å². The third-order valence-electron chi connectivity index (χ3n) is 11.9. The number of nitrogens with one attached hydrogen (secondary N) is 2. The number of aromatic nitrogens is 4. The fourth-order valence-electron chi connectivity index (χ4n) is 8.09. The van der Waals surface area contributed by atoms with Crippen LogP contribution in [0.4, 0.5) is 5.82 Å². The molecule has 0 unspecified atom stereocenters. The quantitative estimate of drug-likeness (QED) is 0.0426. The molecule has 2 aromatic heterocycles. The normalized spacial score (nSPS) is 11.6. The van der Waals surface area contributed by atoms with Gasteiger partial charge in [0.25, 0.3) is 0 Å². The molecule has 0 saturated carbocycles. The molecule has 0 aliphatic heterocycles. The Morgan fingerprint density at radius 3 is 1.84 bits per heavy atom. The van der Waals surface area contributed by atoms with Gasteiger partial charge in [-0.2, -0.15) is 9.97 Å². The summed E-state index contributed by atoms with van der Waals surface area (Å²) in [6.45, 7) is 16.4. The van der Waals surface area contributed by atoms with Crippen molar-refractivity contribution in [2.24, 2.45) is 0 Å². The summed E-state index contributed by atoms with van der Waals surface area (Å²) in [5.41, 5.74) is 1.93. The van der Waals surface area contributed by atoms with Crippen molar-refractivity contribution in [1.82, 2.24) is 29.3 Å². The van der Waals surface area contributed by atoms with Gasteiger partial charge in [0.1, 0.15) is 5.52 Å². The van der Waals surface area contributed by atoms with E-state index in [-0.39, 0.29) is 42.4 Å². The number of unbranched alkanes of at least 4 members (excludes halogenated alkanes) is 17. The molecule has 2 N–H and O–H groups in total. The second-order valence-electron chi connectivity index (χ2n) is 17.3. The standard InChI is InChI=1S/C50H85N7O5/c1-6-10-13-15-17-19-21-25-33-55(9-4)36-29-37-56(34-26-22-20-18-16-14-11-7-2)35-27-23-24-32-44(58)51-47-46-48(54-49(53-47)62-38-12-8-3)57(50(60)52-46)41-43-31-28-30-42(39-43)40-45(59)61-5/h28,30-31,39H,6-27,29,32-38,40-41H2,1-5H3,(H,52,60)(H,51,53,54,58). The van der Waals surface area contributed by atoms with E-state index in [1.54, 1.807) is 0 Å². The molecule has 0 aliphatic carbocycles. The van der Waals surface area contributed by atoms with Crippen LogP contribution in [0.1, 0.15) is 187 Å². The van der Waals surface area contributed by atoms with Crippen molar-refractivity contribution in [3.63, 3.8) is 0 Å². The lowest BCUT2D eigenvalue weighted by molar-refractivity contribution is -0.139. The Morgan fingerprint density at radius 1 is 0.677 bits per heavy atom. The predicted octanol–water partition coefficient (Wildman–Crippen LogP) is 10.9. The lowest BCUT2D eigenvalue weighted by atomic mass is 10.1. The van der Waals surface area contributed by atoms with Gasteiger partial charge in [-0.05, 0) is 88.9 Å². The van der Waals surface area contributed by atoms with Crippen LogP contribution in [-0.4, -0.2) is 94.2 Å². The predicted molar refractivity (Wildman–Crippen MR) is 255 cm³/mol. The maximum Gasteiger partial charge on any atom is 0.328 e. The zero-order chi connectivity index (χ0) is 44.6. The topological polar surface area (TPSA) is 135 Å². The van der Waals surface area contributed by atoms with Gasteiger partial charge in [0.05, 0.1) is 26.7 Å². The van der Waals surface area contributed by atoms with Crippen LogP contribution in [-0.2, 0) is 27.3 Å². The number of nitrogens with zero attached hydrogens (tertiary/aromatic N) is 5. The highest BCUT2D eigenvalue weighted by Crippen LogP contribution is 2.23. The van der Waals surface area contributed by atoms with E-state index >= 15 is 0 Å². The van der Waals surface area contributed by atoms with Crippen molar-refractivity contribution in [3.8, 4) is 6.01 Å². The van der Waals surface area contributed by atoms with Crippen LogP contribution >= 0.6 is 0 Å². The number of hydrogen-bond acceptors (Lipinski definition) is 9. The summed E-state index contributed by atoms with van der Waals surface area (Å²) in [4.78, 5) is 55.9. The number of carbonyl (C=O) groups excluding carboxylic acids is 2. The summed E-state index contributed by atoms with van der Waals surface area (Å²) in [5.74, 6) is -0.250.